The van der Waals surface area contributed by atoms with Gasteiger partial charge in [0.05, 0.1) is 16.6 Å². The van der Waals surface area contributed by atoms with E-state index in [2.05, 4.69) is 24.4 Å². The van der Waals surface area contributed by atoms with Gasteiger partial charge in [-0.05, 0) is 93.6 Å². The molecule has 180 valence electrons. The van der Waals surface area contributed by atoms with Crippen LogP contribution in [0.1, 0.15) is 46.3 Å². The van der Waals surface area contributed by atoms with E-state index in [1.165, 1.54) is 5.56 Å². The highest BCUT2D eigenvalue weighted by Crippen LogP contribution is 2.30. The lowest BCUT2D eigenvalue weighted by atomic mass is 9.96. The molecule has 0 unspecified atom stereocenters. The van der Waals surface area contributed by atoms with Crippen molar-refractivity contribution < 1.29 is 13.2 Å². The van der Waals surface area contributed by atoms with Gasteiger partial charge in [-0.15, -0.1) is 0 Å². The maximum absolute atomic E-state index is 13.6. The summed E-state index contributed by atoms with van der Waals surface area (Å²) in [5.41, 5.74) is 6.42. The Bertz CT molecular complexity index is 1320. The summed E-state index contributed by atoms with van der Waals surface area (Å²) in [5.74, 6) is -0.403. The minimum Gasteiger partial charge on any atom is -0.348 e. The molecule has 0 radical (unpaired) electrons. The molecule has 0 fully saturated rings. The third-order valence-corrected chi connectivity index (χ3v) is 8.07. The Balaban J connectivity index is 1.96. The number of aryl methyl sites for hydroxylation is 5. The first-order valence-corrected chi connectivity index (χ1v) is 12.9. The molecule has 34 heavy (non-hydrogen) atoms. The van der Waals surface area contributed by atoms with E-state index in [4.69, 9.17) is 11.6 Å². The molecule has 3 rings (SSSR count). The lowest BCUT2D eigenvalue weighted by Gasteiger charge is -2.27. The molecule has 0 aliphatic heterocycles. The molecule has 0 bridgehead atoms. The van der Waals surface area contributed by atoms with Crippen LogP contribution in [0.5, 0.6) is 0 Å². The van der Waals surface area contributed by atoms with Gasteiger partial charge in [0.25, 0.3) is 10.0 Å². The standard InChI is InChI=1S/C27H31ClN2O3S/c1-17-7-11-24(12-8-17)34(32,33)30(26-15-23(28)10-9-18(26)2)16-27(31)29-22(6)25-14-20(4)19(3)13-21(25)5/h7-15,22H,16H2,1-6H3,(H,29,31)/t22-/m0/s1. The van der Waals surface area contributed by atoms with Crippen LogP contribution in [0, 0.1) is 34.6 Å². The number of anilines is 1. The zero-order valence-electron chi connectivity index (χ0n) is 20.4. The summed E-state index contributed by atoms with van der Waals surface area (Å²) in [5, 5.41) is 3.37. The summed E-state index contributed by atoms with van der Waals surface area (Å²) in [6.07, 6.45) is 0. The smallest absolute Gasteiger partial charge is 0.264 e. The van der Waals surface area contributed by atoms with Crippen molar-refractivity contribution in [3.8, 4) is 0 Å². The van der Waals surface area contributed by atoms with E-state index in [-0.39, 0.29) is 17.5 Å². The Kier molecular flexibility index (Phi) is 7.74. The number of benzene rings is 3. The van der Waals surface area contributed by atoms with Crippen molar-refractivity contribution >= 4 is 33.2 Å². The van der Waals surface area contributed by atoms with Crippen molar-refractivity contribution in [1.82, 2.24) is 5.32 Å². The van der Waals surface area contributed by atoms with Gasteiger partial charge in [0.15, 0.2) is 0 Å². The second-order valence-electron chi connectivity index (χ2n) is 8.84. The molecular formula is C27H31ClN2O3S. The molecular weight excluding hydrogens is 468 g/mol. The van der Waals surface area contributed by atoms with Crippen molar-refractivity contribution in [2.75, 3.05) is 10.8 Å². The molecule has 3 aromatic rings. The Hall–Kier alpha value is -2.83. The van der Waals surface area contributed by atoms with Crippen molar-refractivity contribution in [3.05, 3.63) is 93.0 Å². The molecule has 3 aromatic carbocycles. The van der Waals surface area contributed by atoms with Crippen LogP contribution in [0.3, 0.4) is 0 Å². The Labute approximate surface area is 207 Å². The fraction of sp³-hybridized carbons (Fsp3) is 0.296. The van der Waals surface area contributed by atoms with Crippen LogP contribution in [0.25, 0.3) is 0 Å². The summed E-state index contributed by atoms with van der Waals surface area (Å²) in [6.45, 7) is 11.3. The van der Waals surface area contributed by atoms with Crippen LogP contribution >= 0.6 is 11.6 Å². The largest absolute Gasteiger partial charge is 0.348 e. The van der Waals surface area contributed by atoms with Crippen molar-refractivity contribution in [2.45, 2.75) is 52.5 Å². The van der Waals surface area contributed by atoms with Crippen LogP contribution in [0.15, 0.2) is 59.5 Å². The normalized spacial score (nSPS) is 12.3. The Morgan fingerprint density at radius 1 is 0.882 bits per heavy atom. The van der Waals surface area contributed by atoms with Gasteiger partial charge in [0.2, 0.25) is 5.91 Å². The third kappa shape index (κ3) is 5.62. The number of halogens is 1. The van der Waals surface area contributed by atoms with Crippen LogP contribution in [-0.2, 0) is 14.8 Å². The molecule has 0 aliphatic carbocycles. The summed E-state index contributed by atoms with van der Waals surface area (Å²) < 4.78 is 28.4. The van der Waals surface area contributed by atoms with E-state index in [0.717, 1.165) is 26.6 Å². The van der Waals surface area contributed by atoms with Crippen LogP contribution in [0.4, 0.5) is 5.69 Å². The molecule has 7 heteroatoms. The topological polar surface area (TPSA) is 66.5 Å². The van der Waals surface area contributed by atoms with Crippen LogP contribution in [0.2, 0.25) is 5.02 Å². The molecule has 0 heterocycles. The quantitative estimate of drug-likeness (QED) is 0.437. The van der Waals surface area contributed by atoms with Gasteiger partial charge < -0.3 is 5.32 Å². The first-order chi connectivity index (χ1) is 15.9. The van der Waals surface area contributed by atoms with Crippen molar-refractivity contribution in [2.24, 2.45) is 0 Å². The third-order valence-electron chi connectivity index (χ3n) is 6.06. The molecule has 0 saturated carbocycles. The second-order valence-corrected chi connectivity index (χ2v) is 11.1. The van der Waals surface area contributed by atoms with E-state index in [1.54, 1.807) is 49.4 Å². The SMILES string of the molecule is Cc1ccc(S(=O)(=O)N(CC(=O)N[C@@H](C)c2cc(C)c(C)cc2C)c2cc(Cl)ccc2C)cc1. The van der Waals surface area contributed by atoms with Gasteiger partial charge >= 0.3 is 0 Å². The fourth-order valence-electron chi connectivity index (χ4n) is 3.93. The molecule has 1 amide bonds. The van der Waals surface area contributed by atoms with E-state index in [1.807, 2.05) is 27.7 Å². The molecule has 0 spiro atoms. The lowest BCUT2D eigenvalue weighted by Crippen LogP contribution is -2.42. The van der Waals surface area contributed by atoms with Gasteiger partial charge in [-0.3, -0.25) is 9.10 Å². The highest BCUT2D eigenvalue weighted by Gasteiger charge is 2.29. The van der Waals surface area contributed by atoms with E-state index >= 15 is 0 Å². The predicted molar refractivity (Wildman–Crippen MR) is 139 cm³/mol. The molecule has 0 saturated heterocycles. The maximum atomic E-state index is 13.6. The molecule has 0 aliphatic rings. The van der Waals surface area contributed by atoms with Crippen LogP contribution in [-0.4, -0.2) is 20.9 Å². The highest BCUT2D eigenvalue weighted by molar-refractivity contribution is 7.92. The number of amides is 1. The van der Waals surface area contributed by atoms with Crippen molar-refractivity contribution in [1.29, 1.82) is 0 Å². The van der Waals surface area contributed by atoms with Gasteiger partial charge in [-0.2, -0.15) is 0 Å². The molecule has 1 N–H and O–H groups in total. The number of nitrogens with one attached hydrogen (secondary N) is 1. The minimum atomic E-state index is -4.01. The number of rotatable bonds is 7. The average molecular weight is 499 g/mol. The van der Waals surface area contributed by atoms with Gasteiger partial charge in [0, 0.05) is 5.02 Å². The predicted octanol–water partition coefficient (Wildman–Crippen LogP) is 5.95. The molecule has 1 atom stereocenters. The number of hydrogen-bond acceptors (Lipinski definition) is 3. The van der Waals surface area contributed by atoms with E-state index in [9.17, 15) is 13.2 Å². The molecule has 5 nitrogen and oxygen atoms in total. The maximum Gasteiger partial charge on any atom is 0.264 e. The number of carbonyl (C=O) groups is 1. The summed E-state index contributed by atoms with van der Waals surface area (Å²) >= 11 is 6.20. The average Bonchev–Trinajstić information content (AvgIpc) is 2.76. The minimum absolute atomic E-state index is 0.114. The number of hydrogen-bond donors (Lipinski definition) is 1. The van der Waals surface area contributed by atoms with Gasteiger partial charge in [0.1, 0.15) is 6.54 Å². The van der Waals surface area contributed by atoms with E-state index < -0.39 is 15.9 Å². The van der Waals surface area contributed by atoms with Crippen LogP contribution < -0.4 is 9.62 Å². The fourth-order valence-corrected chi connectivity index (χ4v) is 5.58. The first kappa shape index (κ1) is 25.8. The second kappa shape index (κ2) is 10.2. The lowest BCUT2D eigenvalue weighted by molar-refractivity contribution is -0.120. The van der Waals surface area contributed by atoms with E-state index in [0.29, 0.717) is 16.3 Å². The van der Waals surface area contributed by atoms with Gasteiger partial charge in [-0.25, -0.2) is 8.42 Å². The Morgan fingerprint density at radius 3 is 2.15 bits per heavy atom. The summed E-state index contributed by atoms with van der Waals surface area (Å²) in [6, 6.07) is 15.5. The number of sulfonamides is 1. The zero-order chi connectivity index (χ0) is 25.2. The summed E-state index contributed by atoms with van der Waals surface area (Å²) in [7, 11) is -4.01. The summed E-state index contributed by atoms with van der Waals surface area (Å²) in [4.78, 5) is 13.3. The highest BCUT2D eigenvalue weighted by atomic mass is 35.5. The zero-order valence-corrected chi connectivity index (χ0v) is 22.0. The molecule has 0 aromatic heterocycles. The number of carbonyl (C=O) groups excluding carboxylic acids is 1. The monoisotopic (exact) mass is 498 g/mol. The number of nitrogens with zero attached hydrogens (tertiary/aromatic N) is 1. The Morgan fingerprint density at radius 2 is 1.50 bits per heavy atom. The first-order valence-electron chi connectivity index (χ1n) is 11.1. The van der Waals surface area contributed by atoms with Crippen molar-refractivity contribution in [3.63, 3.8) is 0 Å². The van der Waals surface area contributed by atoms with Gasteiger partial charge in [-0.1, -0.05) is 47.5 Å².